The van der Waals surface area contributed by atoms with Gasteiger partial charge in [-0.1, -0.05) is 19.9 Å². The molecule has 2 heterocycles. The van der Waals surface area contributed by atoms with E-state index in [4.69, 9.17) is 0 Å². The molecule has 2 aromatic rings. The monoisotopic (exact) mass is 229 g/mol. The zero-order chi connectivity index (χ0) is 12.3. The van der Waals surface area contributed by atoms with E-state index in [1.54, 1.807) is 30.6 Å². The van der Waals surface area contributed by atoms with Gasteiger partial charge in [0.05, 0.1) is 5.69 Å². The summed E-state index contributed by atoms with van der Waals surface area (Å²) < 4.78 is 0. The van der Waals surface area contributed by atoms with Crippen molar-refractivity contribution in [2.45, 2.75) is 19.4 Å². The molecule has 88 valence electrons. The van der Waals surface area contributed by atoms with Crippen molar-refractivity contribution in [1.29, 1.82) is 0 Å². The van der Waals surface area contributed by atoms with Crippen LogP contribution in [0.25, 0.3) is 0 Å². The van der Waals surface area contributed by atoms with E-state index in [2.05, 4.69) is 15.2 Å². The molecule has 4 heteroatoms. The summed E-state index contributed by atoms with van der Waals surface area (Å²) in [6, 6.07) is 9.00. The normalized spacial score (nSPS) is 14.6. The molecule has 0 amide bonds. The summed E-state index contributed by atoms with van der Waals surface area (Å²) in [4.78, 5) is 4.23. The third-order valence-corrected chi connectivity index (χ3v) is 2.85. The third kappa shape index (κ3) is 2.03. The van der Waals surface area contributed by atoms with Crippen molar-refractivity contribution in [1.82, 2.24) is 15.2 Å². The molecule has 0 bridgehead atoms. The molecule has 1 N–H and O–H groups in total. The van der Waals surface area contributed by atoms with Crippen molar-refractivity contribution in [3.8, 4) is 0 Å². The number of rotatable bonds is 3. The molecule has 4 nitrogen and oxygen atoms in total. The van der Waals surface area contributed by atoms with Crippen LogP contribution in [0.4, 0.5) is 0 Å². The van der Waals surface area contributed by atoms with Crippen LogP contribution in [0.3, 0.4) is 0 Å². The van der Waals surface area contributed by atoms with Crippen LogP contribution in [0, 0.1) is 5.92 Å². The van der Waals surface area contributed by atoms with E-state index in [9.17, 15) is 5.11 Å². The predicted octanol–water partition coefficient (Wildman–Crippen LogP) is 1.76. The molecule has 2 rings (SSSR count). The Bertz CT molecular complexity index is 431. The molecule has 0 aliphatic rings. The van der Waals surface area contributed by atoms with Gasteiger partial charge in [-0.15, -0.1) is 0 Å². The topological polar surface area (TPSA) is 58.9 Å². The van der Waals surface area contributed by atoms with E-state index in [0.717, 1.165) is 0 Å². The second kappa shape index (κ2) is 4.59. The van der Waals surface area contributed by atoms with Gasteiger partial charge in [0.25, 0.3) is 0 Å². The van der Waals surface area contributed by atoms with Gasteiger partial charge in [-0.25, -0.2) is 0 Å². The summed E-state index contributed by atoms with van der Waals surface area (Å²) in [5, 5.41) is 18.7. The fraction of sp³-hybridized carbons (Fsp3) is 0.308. The van der Waals surface area contributed by atoms with Crippen molar-refractivity contribution in [3.63, 3.8) is 0 Å². The van der Waals surface area contributed by atoms with Crippen LogP contribution in [-0.2, 0) is 5.60 Å². The second-order valence-electron chi connectivity index (χ2n) is 4.24. The van der Waals surface area contributed by atoms with Crippen molar-refractivity contribution in [2.24, 2.45) is 5.92 Å². The lowest BCUT2D eigenvalue weighted by atomic mass is 9.83. The Labute approximate surface area is 100 Å². The van der Waals surface area contributed by atoms with Crippen LogP contribution in [0.15, 0.2) is 42.7 Å². The number of pyridine rings is 1. The van der Waals surface area contributed by atoms with Gasteiger partial charge in [-0.3, -0.25) is 4.98 Å². The number of aromatic nitrogens is 3. The van der Waals surface area contributed by atoms with E-state index in [1.165, 1.54) is 0 Å². The molecule has 0 saturated carbocycles. The second-order valence-corrected chi connectivity index (χ2v) is 4.24. The van der Waals surface area contributed by atoms with E-state index < -0.39 is 5.60 Å². The minimum absolute atomic E-state index is 0.0471. The molecular formula is C13H15N3O. The summed E-state index contributed by atoms with van der Waals surface area (Å²) in [6.45, 7) is 3.87. The van der Waals surface area contributed by atoms with Gasteiger partial charge < -0.3 is 5.11 Å². The summed E-state index contributed by atoms with van der Waals surface area (Å²) in [5.74, 6) is -0.0471. The molecule has 2 aromatic heterocycles. The highest BCUT2D eigenvalue weighted by atomic mass is 16.3. The van der Waals surface area contributed by atoms with Gasteiger partial charge in [0, 0.05) is 12.4 Å². The van der Waals surface area contributed by atoms with Crippen LogP contribution in [0.1, 0.15) is 25.2 Å². The molecule has 0 fully saturated rings. The number of hydrogen-bond donors (Lipinski definition) is 1. The first-order valence-corrected chi connectivity index (χ1v) is 5.57. The highest BCUT2D eigenvalue weighted by molar-refractivity contribution is 5.26. The van der Waals surface area contributed by atoms with Gasteiger partial charge >= 0.3 is 0 Å². The van der Waals surface area contributed by atoms with Crippen molar-refractivity contribution in [3.05, 3.63) is 54.1 Å². The number of aliphatic hydroxyl groups is 1. The minimum Gasteiger partial charge on any atom is -0.377 e. The maximum atomic E-state index is 10.9. The summed E-state index contributed by atoms with van der Waals surface area (Å²) in [7, 11) is 0. The fourth-order valence-electron chi connectivity index (χ4n) is 1.82. The third-order valence-electron chi connectivity index (χ3n) is 2.85. The Kier molecular flexibility index (Phi) is 3.15. The molecule has 0 aliphatic heterocycles. The maximum absolute atomic E-state index is 10.9. The average Bonchev–Trinajstić information content (AvgIpc) is 2.39. The van der Waals surface area contributed by atoms with Gasteiger partial charge in [0.2, 0.25) is 0 Å². The number of hydrogen-bond acceptors (Lipinski definition) is 4. The molecule has 1 unspecified atom stereocenters. The quantitative estimate of drug-likeness (QED) is 0.871. The van der Waals surface area contributed by atoms with Crippen LogP contribution >= 0.6 is 0 Å². The molecule has 0 aromatic carbocycles. The maximum Gasteiger partial charge on any atom is 0.152 e. The largest absolute Gasteiger partial charge is 0.377 e. The van der Waals surface area contributed by atoms with Gasteiger partial charge in [0.1, 0.15) is 5.69 Å². The first kappa shape index (κ1) is 11.7. The van der Waals surface area contributed by atoms with Crippen molar-refractivity contribution >= 4 is 0 Å². The molecule has 0 aliphatic carbocycles. The zero-order valence-electron chi connectivity index (χ0n) is 9.91. The Balaban J connectivity index is 2.55. The van der Waals surface area contributed by atoms with Crippen LogP contribution in [0.2, 0.25) is 0 Å². The Morgan fingerprint density at radius 2 is 1.82 bits per heavy atom. The summed E-state index contributed by atoms with van der Waals surface area (Å²) in [6.07, 6.45) is 3.25. The first-order valence-electron chi connectivity index (χ1n) is 5.57. The van der Waals surface area contributed by atoms with Gasteiger partial charge in [0.15, 0.2) is 5.60 Å². The predicted molar refractivity (Wildman–Crippen MR) is 64.1 cm³/mol. The van der Waals surface area contributed by atoms with E-state index in [-0.39, 0.29) is 5.92 Å². The standard InChI is InChI=1S/C13H15N3O/c1-10(2)13(17,11-6-3-4-8-14-11)12-7-5-9-15-16-12/h3-10,17H,1-2H3. The molecular weight excluding hydrogens is 214 g/mol. The SMILES string of the molecule is CC(C)C(O)(c1ccccn1)c1cccnn1. The first-order chi connectivity index (χ1) is 8.15. The van der Waals surface area contributed by atoms with Crippen molar-refractivity contribution in [2.75, 3.05) is 0 Å². The molecule has 1 atom stereocenters. The van der Waals surface area contributed by atoms with Gasteiger partial charge in [-0.2, -0.15) is 10.2 Å². The summed E-state index contributed by atoms with van der Waals surface area (Å²) in [5.41, 5.74) is -0.0839. The lowest BCUT2D eigenvalue weighted by Crippen LogP contribution is -2.35. The van der Waals surface area contributed by atoms with Crippen molar-refractivity contribution < 1.29 is 5.11 Å². The lowest BCUT2D eigenvalue weighted by Gasteiger charge is -2.30. The average molecular weight is 229 g/mol. The van der Waals surface area contributed by atoms with Crippen LogP contribution < -0.4 is 0 Å². The Hall–Kier alpha value is -1.81. The Morgan fingerprint density at radius 3 is 2.35 bits per heavy atom. The highest BCUT2D eigenvalue weighted by Gasteiger charge is 2.38. The fourth-order valence-corrected chi connectivity index (χ4v) is 1.82. The van der Waals surface area contributed by atoms with E-state index in [1.807, 2.05) is 26.0 Å². The summed E-state index contributed by atoms with van der Waals surface area (Å²) >= 11 is 0. The zero-order valence-corrected chi connectivity index (χ0v) is 9.91. The Morgan fingerprint density at radius 1 is 1.06 bits per heavy atom. The molecule has 17 heavy (non-hydrogen) atoms. The molecule has 0 spiro atoms. The van der Waals surface area contributed by atoms with Gasteiger partial charge in [-0.05, 0) is 30.2 Å². The molecule has 0 radical (unpaired) electrons. The van der Waals surface area contributed by atoms with E-state index in [0.29, 0.717) is 11.4 Å². The van der Waals surface area contributed by atoms with Crippen LogP contribution in [-0.4, -0.2) is 20.3 Å². The smallest absolute Gasteiger partial charge is 0.152 e. The van der Waals surface area contributed by atoms with Crippen LogP contribution in [0.5, 0.6) is 0 Å². The lowest BCUT2D eigenvalue weighted by molar-refractivity contribution is 0.0225. The number of nitrogens with zero attached hydrogens (tertiary/aromatic N) is 3. The minimum atomic E-state index is -1.20. The molecule has 0 saturated heterocycles. The van der Waals surface area contributed by atoms with E-state index >= 15 is 0 Å². The highest BCUT2D eigenvalue weighted by Crippen LogP contribution is 2.33.